The summed E-state index contributed by atoms with van der Waals surface area (Å²) in [6.07, 6.45) is 6.17. The summed E-state index contributed by atoms with van der Waals surface area (Å²) in [6, 6.07) is 2.41. The van der Waals surface area contributed by atoms with Gasteiger partial charge in [-0.2, -0.15) is 5.10 Å². The Bertz CT molecular complexity index is 616. The van der Waals surface area contributed by atoms with Crippen LogP contribution in [-0.2, 0) is 0 Å². The van der Waals surface area contributed by atoms with E-state index in [-0.39, 0.29) is 6.04 Å². The second-order valence-electron chi connectivity index (χ2n) is 6.51. The maximum absolute atomic E-state index is 6.10. The predicted octanol–water partition coefficient (Wildman–Crippen LogP) is 2.42. The molecule has 2 aromatic heterocycles. The second kappa shape index (κ2) is 5.64. The molecule has 5 heteroatoms. The summed E-state index contributed by atoms with van der Waals surface area (Å²) in [5, 5.41) is 4.65. The molecule has 1 saturated heterocycles. The highest BCUT2D eigenvalue weighted by Crippen LogP contribution is 2.27. The molecule has 0 radical (unpaired) electrons. The van der Waals surface area contributed by atoms with E-state index < -0.39 is 0 Å². The lowest BCUT2D eigenvalue weighted by Crippen LogP contribution is -2.42. The van der Waals surface area contributed by atoms with Gasteiger partial charge in [-0.3, -0.25) is 0 Å². The van der Waals surface area contributed by atoms with Crippen LogP contribution in [0.15, 0.2) is 18.5 Å². The smallest absolute Gasteiger partial charge is 0.154 e. The molecule has 2 aromatic rings. The van der Waals surface area contributed by atoms with Gasteiger partial charge >= 0.3 is 0 Å². The number of hydrogen-bond acceptors (Lipinski definition) is 4. The van der Waals surface area contributed by atoms with Crippen LogP contribution in [0.5, 0.6) is 0 Å². The van der Waals surface area contributed by atoms with Crippen molar-refractivity contribution in [2.45, 2.75) is 45.6 Å². The average Bonchev–Trinajstić information content (AvgIpc) is 2.91. The highest BCUT2D eigenvalue weighted by atomic mass is 15.3. The summed E-state index contributed by atoms with van der Waals surface area (Å²) in [6.45, 7) is 8.49. The van der Waals surface area contributed by atoms with Crippen LogP contribution in [0.3, 0.4) is 0 Å². The first-order valence-corrected chi connectivity index (χ1v) is 7.91. The number of piperidine rings is 1. The van der Waals surface area contributed by atoms with E-state index in [1.165, 1.54) is 12.8 Å². The van der Waals surface area contributed by atoms with Gasteiger partial charge in [-0.25, -0.2) is 9.50 Å². The summed E-state index contributed by atoms with van der Waals surface area (Å²) < 4.78 is 1.95. The molecule has 3 rings (SSSR count). The first kappa shape index (κ1) is 14.3. The average molecular weight is 287 g/mol. The van der Waals surface area contributed by atoms with Gasteiger partial charge in [0.15, 0.2) is 5.82 Å². The first-order chi connectivity index (χ1) is 10.1. The molecule has 21 heavy (non-hydrogen) atoms. The van der Waals surface area contributed by atoms with Crippen molar-refractivity contribution < 1.29 is 0 Å². The first-order valence-electron chi connectivity index (χ1n) is 7.91. The molecule has 0 spiro atoms. The fourth-order valence-corrected chi connectivity index (χ4v) is 3.08. The van der Waals surface area contributed by atoms with Crippen molar-refractivity contribution in [3.63, 3.8) is 0 Å². The summed E-state index contributed by atoms with van der Waals surface area (Å²) in [5.74, 6) is 2.02. The van der Waals surface area contributed by atoms with Crippen LogP contribution < -0.4 is 10.6 Å². The van der Waals surface area contributed by atoms with Crippen LogP contribution in [0.1, 0.15) is 45.2 Å². The Balaban J connectivity index is 1.96. The normalized spacial score (nSPS) is 21.2. The van der Waals surface area contributed by atoms with Crippen LogP contribution in [0.25, 0.3) is 5.52 Å². The summed E-state index contributed by atoms with van der Waals surface area (Å²) >= 11 is 0. The van der Waals surface area contributed by atoms with Gasteiger partial charge in [-0.1, -0.05) is 13.8 Å². The third kappa shape index (κ3) is 2.75. The lowest BCUT2D eigenvalue weighted by Gasteiger charge is -2.35. The van der Waals surface area contributed by atoms with Crippen LogP contribution in [0.4, 0.5) is 5.82 Å². The van der Waals surface area contributed by atoms with Crippen molar-refractivity contribution in [1.29, 1.82) is 0 Å². The van der Waals surface area contributed by atoms with Crippen LogP contribution >= 0.6 is 0 Å². The van der Waals surface area contributed by atoms with Crippen LogP contribution in [0.2, 0.25) is 0 Å². The number of hydrogen-bond donors (Lipinski definition) is 1. The zero-order valence-corrected chi connectivity index (χ0v) is 13.2. The maximum Gasteiger partial charge on any atom is 0.154 e. The molecule has 0 aliphatic carbocycles. The summed E-state index contributed by atoms with van der Waals surface area (Å²) in [7, 11) is 0. The fraction of sp³-hybridized carbons (Fsp3) is 0.625. The van der Waals surface area contributed by atoms with E-state index in [2.05, 4.69) is 41.8 Å². The number of anilines is 1. The minimum Gasteiger partial charge on any atom is -0.354 e. The summed E-state index contributed by atoms with van der Waals surface area (Å²) in [5.41, 5.74) is 8.32. The molecule has 3 heterocycles. The van der Waals surface area contributed by atoms with Gasteiger partial charge in [-0.05, 0) is 37.7 Å². The largest absolute Gasteiger partial charge is 0.354 e. The Morgan fingerprint density at radius 3 is 2.86 bits per heavy atom. The number of aromatic nitrogens is 3. The molecule has 2 N–H and O–H groups in total. The number of nitrogens with zero attached hydrogens (tertiary/aromatic N) is 4. The van der Waals surface area contributed by atoms with E-state index in [4.69, 9.17) is 5.73 Å². The molecule has 1 aliphatic rings. The van der Waals surface area contributed by atoms with Crippen molar-refractivity contribution in [2.75, 3.05) is 18.0 Å². The fourth-order valence-electron chi connectivity index (χ4n) is 3.08. The van der Waals surface area contributed by atoms with Crippen molar-refractivity contribution in [3.05, 3.63) is 24.2 Å². The van der Waals surface area contributed by atoms with Crippen molar-refractivity contribution in [1.82, 2.24) is 14.6 Å². The standard InChI is InChI=1S/C16H25N5/c1-11(2)14-9-15-16(18-6-8-21(15)19-14)20-7-4-5-13(10-20)12(3)17/h6,8-9,11-13H,4-5,7,10,17H2,1-3H3. The molecule has 2 unspecified atom stereocenters. The van der Waals surface area contributed by atoms with Crippen molar-refractivity contribution >= 4 is 11.3 Å². The highest BCUT2D eigenvalue weighted by Gasteiger charge is 2.25. The Morgan fingerprint density at radius 1 is 1.33 bits per heavy atom. The lowest BCUT2D eigenvalue weighted by atomic mass is 9.92. The Kier molecular flexibility index (Phi) is 3.85. The van der Waals surface area contributed by atoms with Crippen molar-refractivity contribution in [3.8, 4) is 0 Å². The van der Waals surface area contributed by atoms with E-state index >= 15 is 0 Å². The molecule has 0 amide bonds. The third-order valence-corrected chi connectivity index (χ3v) is 4.48. The van der Waals surface area contributed by atoms with Gasteiger partial charge in [0.1, 0.15) is 5.52 Å². The van der Waals surface area contributed by atoms with Gasteiger partial charge in [0.25, 0.3) is 0 Å². The Hall–Kier alpha value is -1.62. The molecule has 1 fully saturated rings. The van der Waals surface area contributed by atoms with Gasteiger partial charge in [0.05, 0.1) is 5.69 Å². The number of fused-ring (bicyclic) bond motifs is 1. The SMILES string of the molecule is CC(C)c1cc2c(N3CCCC(C(C)N)C3)nccn2n1. The molecule has 1 aliphatic heterocycles. The molecule has 2 atom stereocenters. The van der Waals surface area contributed by atoms with E-state index in [0.717, 1.165) is 30.1 Å². The zero-order chi connectivity index (χ0) is 15.0. The highest BCUT2D eigenvalue weighted by molar-refractivity contribution is 5.69. The van der Waals surface area contributed by atoms with Gasteiger partial charge < -0.3 is 10.6 Å². The van der Waals surface area contributed by atoms with Crippen molar-refractivity contribution in [2.24, 2.45) is 11.7 Å². The van der Waals surface area contributed by atoms with E-state index in [0.29, 0.717) is 11.8 Å². The molecule has 0 aromatic carbocycles. The monoisotopic (exact) mass is 287 g/mol. The predicted molar refractivity (Wildman–Crippen MR) is 85.7 cm³/mol. The van der Waals surface area contributed by atoms with Gasteiger partial charge in [-0.15, -0.1) is 0 Å². The minimum atomic E-state index is 0.240. The quantitative estimate of drug-likeness (QED) is 0.942. The molecule has 0 bridgehead atoms. The maximum atomic E-state index is 6.10. The van der Waals surface area contributed by atoms with Crippen LogP contribution in [0, 0.1) is 5.92 Å². The lowest BCUT2D eigenvalue weighted by molar-refractivity contribution is 0.363. The molecule has 114 valence electrons. The molecular formula is C16H25N5. The van der Waals surface area contributed by atoms with Gasteiger partial charge in [0.2, 0.25) is 0 Å². The number of rotatable bonds is 3. The number of nitrogens with two attached hydrogens (primary N) is 1. The van der Waals surface area contributed by atoms with E-state index in [1.807, 2.05) is 16.9 Å². The second-order valence-corrected chi connectivity index (χ2v) is 6.51. The van der Waals surface area contributed by atoms with Crippen LogP contribution in [-0.4, -0.2) is 33.7 Å². The third-order valence-electron chi connectivity index (χ3n) is 4.48. The van der Waals surface area contributed by atoms with E-state index in [9.17, 15) is 0 Å². The molecule has 5 nitrogen and oxygen atoms in total. The van der Waals surface area contributed by atoms with E-state index in [1.54, 1.807) is 0 Å². The molecular weight excluding hydrogens is 262 g/mol. The zero-order valence-electron chi connectivity index (χ0n) is 13.2. The minimum absolute atomic E-state index is 0.240. The Morgan fingerprint density at radius 2 is 2.14 bits per heavy atom. The summed E-state index contributed by atoms with van der Waals surface area (Å²) in [4.78, 5) is 6.99. The topological polar surface area (TPSA) is 59.5 Å². The Labute approximate surface area is 126 Å². The van der Waals surface area contributed by atoms with Gasteiger partial charge in [0, 0.05) is 31.5 Å². The molecule has 0 saturated carbocycles.